The number of hydrogen-bond donors (Lipinski definition) is 1. The molecule has 1 unspecified atom stereocenters. The summed E-state index contributed by atoms with van der Waals surface area (Å²) in [6.07, 6.45) is 2.27. The molecule has 2 aromatic rings. The second-order valence-electron chi connectivity index (χ2n) is 8.63. The third-order valence-electron chi connectivity index (χ3n) is 6.59. The van der Waals surface area contributed by atoms with Crippen LogP contribution in [0.25, 0.3) is 0 Å². The van der Waals surface area contributed by atoms with Gasteiger partial charge < -0.3 is 19.6 Å². The smallest absolute Gasteiger partial charge is 0.257 e. The van der Waals surface area contributed by atoms with Crippen molar-refractivity contribution in [1.29, 1.82) is 0 Å². The third-order valence-corrected chi connectivity index (χ3v) is 6.82. The number of carbonyl (C=O) groups is 1. The van der Waals surface area contributed by atoms with Crippen LogP contribution >= 0.6 is 11.6 Å². The Morgan fingerprint density at radius 1 is 1.32 bits per heavy atom. The van der Waals surface area contributed by atoms with Gasteiger partial charge >= 0.3 is 0 Å². The molecule has 31 heavy (non-hydrogen) atoms. The van der Waals surface area contributed by atoms with Crippen molar-refractivity contribution in [3.8, 4) is 0 Å². The second kappa shape index (κ2) is 8.47. The first-order chi connectivity index (χ1) is 14.7. The number of methoxy groups -OCH3 is 1. The van der Waals surface area contributed by atoms with Gasteiger partial charge in [-0.05, 0) is 75.6 Å². The van der Waals surface area contributed by atoms with Crippen LogP contribution in [0.4, 0.5) is 4.39 Å². The van der Waals surface area contributed by atoms with Crippen molar-refractivity contribution < 1.29 is 19.0 Å². The monoisotopic (exact) mass is 447 g/mol. The number of fused-ring (bicyclic) bond motifs is 1. The summed E-state index contributed by atoms with van der Waals surface area (Å²) < 4.78 is 20.8. The molecule has 0 saturated carbocycles. The van der Waals surface area contributed by atoms with E-state index < -0.39 is 17.6 Å². The van der Waals surface area contributed by atoms with Crippen LogP contribution in [0.15, 0.2) is 30.5 Å². The minimum Gasteiger partial charge on any atom is -0.385 e. The van der Waals surface area contributed by atoms with Crippen LogP contribution in [0.2, 0.25) is 5.02 Å². The second-order valence-corrected chi connectivity index (χ2v) is 9.07. The number of carbonyl (C=O) groups excluding carboxylic acids is 1. The van der Waals surface area contributed by atoms with E-state index in [1.807, 2.05) is 7.05 Å². The first kappa shape index (κ1) is 22.1. The van der Waals surface area contributed by atoms with Gasteiger partial charge in [0, 0.05) is 18.9 Å². The Balaban J connectivity index is 1.66. The highest BCUT2D eigenvalue weighted by molar-refractivity contribution is 6.30. The molecule has 1 aromatic heterocycles. The molecule has 166 valence electrons. The number of nitrogens with zero attached hydrogens (tertiary/aromatic N) is 3. The third kappa shape index (κ3) is 4.07. The van der Waals surface area contributed by atoms with Crippen LogP contribution in [0.3, 0.4) is 0 Å². The molecule has 2 aliphatic heterocycles. The first-order valence-electron chi connectivity index (χ1n) is 10.4. The highest BCUT2D eigenvalue weighted by Gasteiger charge is 2.43. The summed E-state index contributed by atoms with van der Waals surface area (Å²) in [7, 11) is 3.49. The summed E-state index contributed by atoms with van der Waals surface area (Å²) in [5, 5.41) is 11.8. The lowest BCUT2D eigenvalue weighted by Crippen LogP contribution is -2.40. The number of benzene rings is 1. The van der Waals surface area contributed by atoms with Crippen LogP contribution in [0, 0.1) is 11.7 Å². The Labute approximate surface area is 186 Å². The molecule has 1 fully saturated rings. The molecule has 4 rings (SSSR count). The number of hydrogen-bond acceptors (Lipinski definition) is 5. The normalized spacial score (nSPS) is 21.9. The average molecular weight is 448 g/mol. The van der Waals surface area contributed by atoms with Crippen LogP contribution in [-0.2, 0) is 16.9 Å². The largest absolute Gasteiger partial charge is 0.385 e. The van der Waals surface area contributed by atoms with Crippen LogP contribution < -0.4 is 0 Å². The number of piperidine rings is 1. The SMILES string of the molecule is CO[C@@H]1c2c(F)cc(C(C)(O)C3CCN(C)CC3)cc2C(=O)N1Cc1ccc(Cl)cn1. The molecule has 0 spiro atoms. The minimum absolute atomic E-state index is 0.00903. The number of pyridine rings is 1. The summed E-state index contributed by atoms with van der Waals surface area (Å²) in [6, 6.07) is 6.38. The van der Waals surface area contributed by atoms with Crippen molar-refractivity contribution in [2.75, 3.05) is 27.2 Å². The van der Waals surface area contributed by atoms with Gasteiger partial charge in [-0.2, -0.15) is 0 Å². The van der Waals surface area contributed by atoms with Gasteiger partial charge in [-0.3, -0.25) is 9.78 Å². The van der Waals surface area contributed by atoms with Gasteiger partial charge in [-0.15, -0.1) is 0 Å². The van der Waals surface area contributed by atoms with Gasteiger partial charge in [-0.25, -0.2) is 4.39 Å². The van der Waals surface area contributed by atoms with E-state index in [1.54, 1.807) is 25.1 Å². The molecule has 1 N–H and O–H groups in total. The summed E-state index contributed by atoms with van der Waals surface area (Å²) >= 11 is 5.90. The standard InChI is InChI=1S/C23H27ClFN3O3/c1-23(30,14-6-8-27(2)9-7-14)15-10-18-20(19(25)11-15)22(31-3)28(21(18)29)13-17-5-4-16(24)12-26-17/h4-5,10-12,14,22,30H,6-9,13H2,1-3H3/t22-,23?/m1/s1. The van der Waals surface area contributed by atoms with Crippen molar-refractivity contribution in [1.82, 2.24) is 14.8 Å². The molecule has 1 saturated heterocycles. The Morgan fingerprint density at radius 2 is 2.03 bits per heavy atom. The Morgan fingerprint density at radius 3 is 2.65 bits per heavy atom. The highest BCUT2D eigenvalue weighted by atomic mass is 35.5. The maximum Gasteiger partial charge on any atom is 0.257 e. The van der Waals surface area contributed by atoms with Gasteiger partial charge in [0.2, 0.25) is 0 Å². The Bertz CT molecular complexity index is 975. The van der Waals surface area contributed by atoms with E-state index in [0.717, 1.165) is 25.9 Å². The van der Waals surface area contributed by atoms with E-state index in [4.69, 9.17) is 16.3 Å². The summed E-state index contributed by atoms with van der Waals surface area (Å²) in [5.74, 6) is -0.906. The highest BCUT2D eigenvalue weighted by Crippen LogP contribution is 2.42. The lowest BCUT2D eigenvalue weighted by atomic mass is 9.77. The summed E-state index contributed by atoms with van der Waals surface area (Å²) in [4.78, 5) is 21.1. The number of ether oxygens (including phenoxy) is 1. The van der Waals surface area contributed by atoms with E-state index >= 15 is 4.39 Å². The molecule has 1 aromatic carbocycles. The van der Waals surface area contributed by atoms with Crippen molar-refractivity contribution in [3.05, 3.63) is 63.7 Å². The number of amides is 1. The van der Waals surface area contributed by atoms with E-state index in [-0.39, 0.29) is 29.5 Å². The predicted molar refractivity (Wildman–Crippen MR) is 115 cm³/mol. The molecule has 0 aliphatic carbocycles. The minimum atomic E-state index is -1.23. The van der Waals surface area contributed by atoms with Crippen LogP contribution in [0.1, 0.15) is 53.2 Å². The number of likely N-dealkylation sites (tertiary alicyclic amines) is 1. The number of aromatic nitrogens is 1. The first-order valence-corrected chi connectivity index (χ1v) is 10.8. The number of halogens is 2. The molecule has 6 nitrogen and oxygen atoms in total. The van der Waals surface area contributed by atoms with Crippen molar-refractivity contribution >= 4 is 17.5 Å². The van der Waals surface area contributed by atoms with E-state index in [1.165, 1.54) is 24.3 Å². The lowest BCUT2D eigenvalue weighted by molar-refractivity contribution is -0.0307. The molecule has 0 bridgehead atoms. The molecule has 2 atom stereocenters. The molecular weight excluding hydrogens is 421 g/mol. The number of aliphatic hydroxyl groups is 1. The zero-order valence-electron chi connectivity index (χ0n) is 17.9. The average Bonchev–Trinajstić information content (AvgIpc) is 3.01. The Hall–Kier alpha value is -2.06. The predicted octanol–water partition coefficient (Wildman–Crippen LogP) is 3.72. The summed E-state index contributed by atoms with van der Waals surface area (Å²) in [6.45, 7) is 3.62. The fraction of sp³-hybridized carbons (Fsp3) is 0.478. The van der Waals surface area contributed by atoms with Crippen molar-refractivity contribution in [2.45, 2.75) is 38.1 Å². The van der Waals surface area contributed by atoms with Crippen LogP contribution in [-0.4, -0.2) is 53.0 Å². The van der Waals surface area contributed by atoms with Crippen LogP contribution in [0.5, 0.6) is 0 Å². The Kier molecular flexibility index (Phi) is 6.05. The van der Waals surface area contributed by atoms with Gasteiger partial charge in [0.25, 0.3) is 5.91 Å². The van der Waals surface area contributed by atoms with Crippen molar-refractivity contribution in [3.63, 3.8) is 0 Å². The van der Waals surface area contributed by atoms with E-state index in [2.05, 4.69) is 9.88 Å². The maximum atomic E-state index is 15.3. The molecule has 0 radical (unpaired) electrons. The fourth-order valence-electron chi connectivity index (χ4n) is 4.64. The van der Waals surface area contributed by atoms with E-state index in [9.17, 15) is 9.90 Å². The molecule has 3 heterocycles. The van der Waals surface area contributed by atoms with E-state index in [0.29, 0.717) is 16.3 Å². The topological polar surface area (TPSA) is 65.9 Å². The number of rotatable bonds is 5. The molecule has 8 heteroatoms. The lowest BCUT2D eigenvalue weighted by Gasteiger charge is -2.39. The molecule has 2 aliphatic rings. The molecular formula is C23H27ClFN3O3. The van der Waals surface area contributed by atoms with Gasteiger partial charge in [0.15, 0.2) is 6.23 Å². The van der Waals surface area contributed by atoms with Gasteiger partial charge in [0.1, 0.15) is 5.82 Å². The fourth-order valence-corrected chi connectivity index (χ4v) is 4.75. The van der Waals surface area contributed by atoms with Crippen molar-refractivity contribution in [2.24, 2.45) is 5.92 Å². The zero-order chi connectivity index (χ0) is 22.3. The van der Waals surface area contributed by atoms with Gasteiger partial charge in [0.05, 0.1) is 28.4 Å². The quantitative estimate of drug-likeness (QED) is 0.756. The van der Waals surface area contributed by atoms with Gasteiger partial charge in [-0.1, -0.05) is 11.6 Å². The zero-order valence-corrected chi connectivity index (χ0v) is 18.7. The summed E-state index contributed by atoms with van der Waals surface area (Å²) in [5.41, 5.74) is 0.235. The maximum absolute atomic E-state index is 15.3. The molecule has 1 amide bonds.